The van der Waals surface area contributed by atoms with E-state index in [-0.39, 0.29) is 12.8 Å². The third-order valence-electron chi connectivity index (χ3n) is 1.89. The number of aliphatic carboxylic acids is 1. The van der Waals surface area contributed by atoms with Crippen molar-refractivity contribution in [1.82, 2.24) is 0 Å². The Bertz CT molecular complexity index is 162. The maximum Gasteiger partial charge on any atom is 0.305 e. The van der Waals surface area contributed by atoms with Gasteiger partial charge in [0.1, 0.15) is 0 Å². The van der Waals surface area contributed by atoms with E-state index in [0.717, 1.165) is 0 Å². The van der Waals surface area contributed by atoms with Gasteiger partial charge in [-0.05, 0) is 6.42 Å². The highest BCUT2D eigenvalue weighted by Gasteiger charge is 2.20. The van der Waals surface area contributed by atoms with Crippen LogP contribution >= 0.6 is 0 Å². The minimum absolute atomic E-state index is 0.130. The normalized spacial score (nSPS) is 17.8. The van der Waals surface area contributed by atoms with Crippen LogP contribution in [-0.2, 0) is 4.79 Å². The molecule has 0 aromatic heterocycles. The van der Waals surface area contributed by atoms with Crippen molar-refractivity contribution >= 4 is 5.97 Å². The molecule has 0 aliphatic carbocycles. The van der Waals surface area contributed by atoms with Crippen LogP contribution < -0.4 is 5.73 Å². The smallest absolute Gasteiger partial charge is 0.305 e. The Morgan fingerprint density at radius 1 is 1.46 bits per heavy atom. The molecule has 0 radical (unpaired) electrons. The Hall–Kier alpha value is -0.650. The fraction of sp³-hybridized carbons (Fsp3) is 0.875. The number of nitrogens with two attached hydrogens (primary N) is 1. The quantitative estimate of drug-likeness (QED) is 0.445. The minimum Gasteiger partial charge on any atom is -0.481 e. The first-order valence-corrected chi connectivity index (χ1v) is 4.30. The molecule has 0 aromatic carbocycles. The van der Waals surface area contributed by atoms with Gasteiger partial charge in [0.25, 0.3) is 0 Å². The third-order valence-corrected chi connectivity index (χ3v) is 1.89. The molecule has 0 aliphatic rings. The summed E-state index contributed by atoms with van der Waals surface area (Å²) in [7, 11) is 0. The average molecular weight is 191 g/mol. The zero-order chi connectivity index (χ0) is 10.4. The van der Waals surface area contributed by atoms with Gasteiger partial charge in [-0.2, -0.15) is 0 Å². The first-order chi connectivity index (χ1) is 5.97. The monoisotopic (exact) mass is 191 g/mol. The number of rotatable bonds is 6. The first-order valence-electron chi connectivity index (χ1n) is 4.30. The molecular formula is C8H17NO4. The third kappa shape index (κ3) is 5.57. The summed E-state index contributed by atoms with van der Waals surface area (Å²) >= 11 is 0. The van der Waals surface area contributed by atoms with Crippen LogP contribution in [0, 0.1) is 0 Å². The second-order valence-corrected chi connectivity index (χ2v) is 3.13. The Labute approximate surface area is 77.2 Å². The van der Waals surface area contributed by atoms with E-state index in [9.17, 15) is 9.90 Å². The zero-order valence-electron chi connectivity index (χ0n) is 7.68. The summed E-state index contributed by atoms with van der Waals surface area (Å²) in [5.74, 6) is -1.04. The highest BCUT2D eigenvalue weighted by molar-refractivity contribution is 5.67. The highest BCUT2D eigenvalue weighted by Crippen LogP contribution is 2.06. The molecule has 0 heterocycles. The number of hydrogen-bond acceptors (Lipinski definition) is 4. The fourth-order valence-corrected chi connectivity index (χ4v) is 0.958. The fourth-order valence-electron chi connectivity index (χ4n) is 0.958. The van der Waals surface area contributed by atoms with Crippen molar-refractivity contribution in [3.63, 3.8) is 0 Å². The summed E-state index contributed by atoms with van der Waals surface area (Å²) < 4.78 is 0. The van der Waals surface area contributed by atoms with Crippen LogP contribution in [0.3, 0.4) is 0 Å². The van der Waals surface area contributed by atoms with E-state index in [0.29, 0.717) is 6.42 Å². The van der Waals surface area contributed by atoms with Crippen molar-refractivity contribution in [3.05, 3.63) is 0 Å². The van der Waals surface area contributed by atoms with Crippen molar-refractivity contribution < 1.29 is 20.1 Å². The van der Waals surface area contributed by atoms with Crippen LogP contribution in [0.15, 0.2) is 0 Å². The number of carboxylic acids is 1. The standard InChI is InChI=1S/C8H17NO4/c1-2-5(10)3-7(11)6(9)4-8(12)13/h5-7,10-11H,2-4,9H2,1H3,(H,12,13). The highest BCUT2D eigenvalue weighted by atomic mass is 16.4. The van der Waals surface area contributed by atoms with Gasteiger partial charge in [-0.25, -0.2) is 0 Å². The molecule has 0 fully saturated rings. The number of carbonyl (C=O) groups is 1. The van der Waals surface area contributed by atoms with Gasteiger partial charge in [-0.15, -0.1) is 0 Å². The van der Waals surface area contributed by atoms with Crippen LogP contribution in [0.5, 0.6) is 0 Å². The Balaban J connectivity index is 3.81. The molecule has 0 aliphatic heterocycles. The van der Waals surface area contributed by atoms with Crippen LogP contribution in [0.25, 0.3) is 0 Å². The van der Waals surface area contributed by atoms with Crippen LogP contribution in [-0.4, -0.2) is 39.5 Å². The van der Waals surface area contributed by atoms with Gasteiger partial charge in [-0.1, -0.05) is 6.92 Å². The van der Waals surface area contributed by atoms with E-state index < -0.39 is 24.2 Å². The van der Waals surface area contributed by atoms with Crippen molar-refractivity contribution in [3.8, 4) is 0 Å². The summed E-state index contributed by atoms with van der Waals surface area (Å²) in [5, 5.41) is 26.8. The molecule has 0 saturated heterocycles. The molecule has 78 valence electrons. The second-order valence-electron chi connectivity index (χ2n) is 3.13. The van der Waals surface area contributed by atoms with Crippen molar-refractivity contribution in [2.75, 3.05) is 0 Å². The van der Waals surface area contributed by atoms with E-state index >= 15 is 0 Å². The molecular weight excluding hydrogens is 174 g/mol. The summed E-state index contributed by atoms with van der Waals surface area (Å²) in [6, 6.07) is -0.807. The Kier molecular flexibility index (Phi) is 5.61. The molecule has 0 bridgehead atoms. The summed E-state index contributed by atoms with van der Waals surface area (Å²) in [5.41, 5.74) is 5.38. The van der Waals surface area contributed by atoms with Gasteiger partial charge >= 0.3 is 5.97 Å². The lowest BCUT2D eigenvalue weighted by Crippen LogP contribution is -2.38. The van der Waals surface area contributed by atoms with E-state index in [4.69, 9.17) is 15.9 Å². The largest absolute Gasteiger partial charge is 0.481 e. The molecule has 0 amide bonds. The molecule has 0 aromatic rings. The summed E-state index contributed by atoms with van der Waals surface area (Å²) in [6.07, 6.45) is -1.19. The van der Waals surface area contributed by atoms with Gasteiger partial charge in [0.2, 0.25) is 0 Å². The SMILES string of the molecule is CCC(O)CC(O)C(N)CC(=O)O. The van der Waals surface area contributed by atoms with Crippen LogP contribution in [0.4, 0.5) is 0 Å². The predicted octanol–water partition coefficient (Wildman–Crippen LogP) is -0.690. The Morgan fingerprint density at radius 3 is 2.38 bits per heavy atom. The van der Waals surface area contributed by atoms with Gasteiger partial charge in [-0.3, -0.25) is 4.79 Å². The molecule has 5 nitrogen and oxygen atoms in total. The zero-order valence-corrected chi connectivity index (χ0v) is 7.68. The number of carboxylic acid groups (broad SMARTS) is 1. The maximum atomic E-state index is 10.2. The first kappa shape index (κ1) is 12.3. The predicted molar refractivity (Wildman–Crippen MR) is 47.1 cm³/mol. The van der Waals surface area contributed by atoms with E-state index in [2.05, 4.69) is 0 Å². The number of hydrogen-bond donors (Lipinski definition) is 4. The average Bonchev–Trinajstić information content (AvgIpc) is 2.02. The molecule has 3 unspecified atom stereocenters. The molecule has 3 atom stereocenters. The lowest BCUT2D eigenvalue weighted by atomic mass is 10.0. The summed E-state index contributed by atoms with van der Waals surface area (Å²) in [6.45, 7) is 1.78. The van der Waals surface area contributed by atoms with Crippen LogP contribution in [0.1, 0.15) is 26.2 Å². The number of aliphatic hydroxyl groups excluding tert-OH is 2. The molecule has 13 heavy (non-hydrogen) atoms. The van der Waals surface area contributed by atoms with Crippen molar-refractivity contribution in [2.24, 2.45) is 5.73 Å². The van der Waals surface area contributed by atoms with E-state index in [1.165, 1.54) is 0 Å². The maximum absolute atomic E-state index is 10.2. The van der Waals surface area contributed by atoms with Crippen molar-refractivity contribution in [2.45, 2.75) is 44.4 Å². The van der Waals surface area contributed by atoms with E-state index in [1.807, 2.05) is 0 Å². The lowest BCUT2D eigenvalue weighted by Gasteiger charge is -2.19. The second kappa shape index (κ2) is 5.90. The summed E-state index contributed by atoms with van der Waals surface area (Å²) in [4.78, 5) is 10.2. The van der Waals surface area contributed by atoms with Gasteiger partial charge in [0, 0.05) is 12.5 Å². The molecule has 0 rings (SSSR count). The molecule has 0 saturated carbocycles. The minimum atomic E-state index is -1.04. The molecule has 5 N–H and O–H groups in total. The van der Waals surface area contributed by atoms with Gasteiger partial charge in [0.15, 0.2) is 0 Å². The molecule has 5 heteroatoms. The Morgan fingerprint density at radius 2 is 2.00 bits per heavy atom. The van der Waals surface area contributed by atoms with Gasteiger partial charge in [0.05, 0.1) is 18.6 Å². The lowest BCUT2D eigenvalue weighted by molar-refractivity contribution is -0.138. The van der Waals surface area contributed by atoms with Crippen LogP contribution in [0.2, 0.25) is 0 Å². The topological polar surface area (TPSA) is 104 Å². The van der Waals surface area contributed by atoms with E-state index in [1.54, 1.807) is 6.92 Å². The van der Waals surface area contributed by atoms with Crippen molar-refractivity contribution in [1.29, 1.82) is 0 Å². The number of aliphatic hydroxyl groups is 2. The molecule has 0 spiro atoms. The van der Waals surface area contributed by atoms with Gasteiger partial charge < -0.3 is 21.1 Å².